The maximum Gasteiger partial charge on any atom is 0.319 e. The van der Waals surface area contributed by atoms with Gasteiger partial charge < -0.3 is 15.1 Å². The van der Waals surface area contributed by atoms with Crippen molar-refractivity contribution in [2.45, 2.75) is 25.3 Å². The number of hydrogen-bond acceptors (Lipinski definition) is 5. The second kappa shape index (κ2) is 2.66. The summed E-state index contributed by atoms with van der Waals surface area (Å²) in [5.41, 5.74) is 5.31. The molecule has 0 amide bonds. The summed E-state index contributed by atoms with van der Waals surface area (Å²) in [4.78, 5) is 1.99. The molecule has 0 bridgehead atoms. The van der Waals surface area contributed by atoms with Crippen molar-refractivity contribution in [1.82, 2.24) is 10.2 Å². The number of nitrogens with zero attached hydrogens (tertiary/aromatic N) is 3. The predicted octanol–water partition coefficient (Wildman–Crippen LogP) is 0.640. The smallest absolute Gasteiger partial charge is 0.319 e. The monoisotopic (exact) mass is 168 g/mol. The zero-order valence-electron chi connectivity index (χ0n) is 7.03. The molecule has 66 valence electrons. The standard InChI is InChI=1S/C7H12N4O/c1-11(5-3-2-4-5)7-10-9-6(8)12-7/h5H,2-4H2,1H3,(H2,8,9). The van der Waals surface area contributed by atoms with Crippen LogP contribution < -0.4 is 10.6 Å². The molecule has 0 aliphatic heterocycles. The lowest BCUT2D eigenvalue weighted by atomic mass is 9.92. The van der Waals surface area contributed by atoms with E-state index in [-0.39, 0.29) is 6.01 Å². The highest BCUT2D eigenvalue weighted by molar-refractivity contribution is 5.28. The van der Waals surface area contributed by atoms with Crippen LogP contribution in [-0.2, 0) is 0 Å². The van der Waals surface area contributed by atoms with Gasteiger partial charge >= 0.3 is 12.0 Å². The molecule has 12 heavy (non-hydrogen) atoms. The van der Waals surface area contributed by atoms with Crippen molar-refractivity contribution in [3.05, 3.63) is 0 Å². The quantitative estimate of drug-likeness (QED) is 0.701. The van der Waals surface area contributed by atoms with Gasteiger partial charge in [0.1, 0.15) is 0 Å². The van der Waals surface area contributed by atoms with Crippen molar-refractivity contribution in [3.8, 4) is 0 Å². The first-order valence-corrected chi connectivity index (χ1v) is 4.09. The SMILES string of the molecule is CN(c1nnc(N)o1)C1CCC1. The molecule has 0 saturated heterocycles. The van der Waals surface area contributed by atoms with Crippen LogP contribution in [0, 0.1) is 0 Å². The highest BCUT2D eigenvalue weighted by atomic mass is 16.4. The highest BCUT2D eigenvalue weighted by Crippen LogP contribution is 2.27. The van der Waals surface area contributed by atoms with Crippen molar-refractivity contribution < 1.29 is 4.42 Å². The maximum absolute atomic E-state index is 5.31. The van der Waals surface area contributed by atoms with Crippen LogP contribution in [0.25, 0.3) is 0 Å². The minimum atomic E-state index is 0.135. The van der Waals surface area contributed by atoms with E-state index in [0.29, 0.717) is 12.1 Å². The average molecular weight is 168 g/mol. The van der Waals surface area contributed by atoms with Crippen LogP contribution in [0.2, 0.25) is 0 Å². The summed E-state index contributed by atoms with van der Waals surface area (Å²) in [5.74, 6) is 0. The van der Waals surface area contributed by atoms with Gasteiger partial charge in [-0.1, -0.05) is 10.2 Å². The van der Waals surface area contributed by atoms with E-state index in [0.717, 1.165) is 0 Å². The van der Waals surface area contributed by atoms with Crippen LogP contribution in [0.1, 0.15) is 19.3 Å². The van der Waals surface area contributed by atoms with E-state index >= 15 is 0 Å². The first-order valence-electron chi connectivity index (χ1n) is 4.09. The van der Waals surface area contributed by atoms with Gasteiger partial charge in [0.25, 0.3) is 0 Å². The van der Waals surface area contributed by atoms with Crippen LogP contribution in [0.15, 0.2) is 4.42 Å². The number of anilines is 2. The molecule has 1 saturated carbocycles. The summed E-state index contributed by atoms with van der Waals surface area (Å²) >= 11 is 0. The number of nitrogens with two attached hydrogens (primary N) is 1. The molecule has 5 nitrogen and oxygen atoms in total. The van der Waals surface area contributed by atoms with Gasteiger partial charge in [-0.15, -0.1) is 0 Å². The lowest BCUT2D eigenvalue weighted by Crippen LogP contribution is -2.37. The molecular formula is C7H12N4O. The Labute approximate surface area is 70.6 Å². The number of aromatic nitrogens is 2. The van der Waals surface area contributed by atoms with Gasteiger partial charge in [0, 0.05) is 13.1 Å². The normalized spacial score (nSPS) is 17.4. The van der Waals surface area contributed by atoms with E-state index in [2.05, 4.69) is 10.2 Å². The molecule has 0 unspecified atom stereocenters. The minimum absolute atomic E-state index is 0.135. The largest absolute Gasteiger partial charge is 0.390 e. The molecule has 1 heterocycles. The summed E-state index contributed by atoms with van der Waals surface area (Å²) in [6.45, 7) is 0. The molecule has 2 rings (SSSR count). The van der Waals surface area contributed by atoms with Crippen molar-refractivity contribution in [2.75, 3.05) is 17.7 Å². The van der Waals surface area contributed by atoms with Gasteiger partial charge in [-0.2, -0.15) is 0 Å². The molecule has 1 aliphatic rings. The zero-order valence-corrected chi connectivity index (χ0v) is 7.03. The lowest BCUT2D eigenvalue weighted by Gasteiger charge is -2.33. The Kier molecular flexibility index (Phi) is 1.64. The van der Waals surface area contributed by atoms with E-state index in [9.17, 15) is 0 Å². The van der Waals surface area contributed by atoms with Gasteiger partial charge in [0.2, 0.25) is 0 Å². The van der Waals surface area contributed by atoms with Crippen molar-refractivity contribution in [1.29, 1.82) is 0 Å². The van der Waals surface area contributed by atoms with Crippen molar-refractivity contribution in [2.24, 2.45) is 0 Å². The fraction of sp³-hybridized carbons (Fsp3) is 0.714. The third-order valence-corrected chi connectivity index (χ3v) is 2.35. The van der Waals surface area contributed by atoms with Gasteiger partial charge in [0.05, 0.1) is 0 Å². The van der Waals surface area contributed by atoms with Crippen LogP contribution in [-0.4, -0.2) is 23.3 Å². The number of nitrogen functional groups attached to an aromatic ring is 1. The third kappa shape index (κ3) is 1.11. The van der Waals surface area contributed by atoms with Gasteiger partial charge in [-0.3, -0.25) is 0 Å². The molecule has 1 fully saturated rings. The average Bonchev–Trinajstić information content (AvgIpc) is 2.31. The van der Waals surface area contributed by atoms with Gasteiger partial charge in [-0.25, -0.2) is 0 Å². The van der Waals surface area contributed by atoms with E-state index in [4.69, 9.17) is 10.2 Å². The van der Waals surface area contributed by atoms with E-state index in [1.54, 1.807) is 0 Å². The molecule has 1 aliphatic carbocycles. The Bertz CT molecular complexity index is 268. The Morgan fingerprint density at radius 2 is 2.25 bits per heavy atom. The predicted molar refractivity (Wildman–Crippen MR) is 44.8 cm³/mol. The maximum atomic E-state index is 5.31. The van der Waals surface area contributed by atoms with E-state index in [1.165, 1.54) is 19.3 Å². The zero-order chi connectivity index (χ0) is 8.55. The van der Waals surface area contributed by atoms with Crippen LogP contribution in [0.3, 0.4) is 0 Å². The summed E-state index contributed by atoms with van der Waals surface area (Å²) < 4.78 is 5.08. The van der Waals surface area contributed by atoms with E-state index in [1.807, 2.05) is 11.9 Å². The minimum Gasteiger partial charge on any atom is -0.390 e. The molecule has 0 atom stereocenters. The lowest BCUT2D eigenvalue weighted by molar-refractivity contribution is 0.380. The fourth-order valence-electron chi connectivity index (χ4n) is 1.30. The molecular weight excluding hydrogens is 156 g/mol. The second-order valence-corrected chi connectivity index (χ2v) is 3.12. The van der Waals surface area contributed by atoms with Crippen LogP contribution in [0.5, 0.6) is 0 Å². The molecule has 0 spiro atoms. The summed E-state index contributed by atoms with van der Waals surface area (Å²) in [6.07, 6.45) is 3.70. The van der Waals surface area contributed by atoms with E-state index < -0.39 is 0 Å². The topological polar surface area (TPSA) is 68.2 Å². The molecule has 2 N–H and O–H groups in total. The molecule has 0 aromatic carbocycles. The first-order chi connectivity index (χ1) is 5.77. The molecule has 0 radical (unpaired) electrons. The molecule has 1 aromatic rings. The van der Waals surface area contributed by atoms with Crippen molar-refractivity contribution in [3.63, 3.8) is 0 Å². The third-order valence-electron chi connectivity index (χ3n) is 2.35. The molecule has 5 heteroatoms. The summed E-state index contributed by atoms with van der Waals surface area (Å²) in [5, 5.41) is 7.40. The summed E-state index contributed by atoms with van der Waals surface area (Å²) in [7, 11) is 1.96. The van der Waals surface area contributed by atoms with Crippen LogP contribution >= 0.6 is 0 Å². The number of hydrogen-bond donors (Lipinski definition) is 1. The van der Waals surface area contributed by atoms with Crippen molar-refractivity contribution >= 4 is 12.0 Å². The Balaban J connectivity index is 2.08. The van der Waals surface area contributed by atoms with Gasteiger partial charge in [-0.05, 0) is 19.3 Å². The number of rotatable bonds is 2. The Hall–Kier alpha value is -1.26. The van der Waals surface area contributed by atoms with Gasteiger partial charge in [0.15, 0.2) is 0 Å². The van der Waals surface area contributed by atoms with Crippen LogP contribution in [0.4, 0.5) is 12.0 Å². The first kappa shape index (κ1) is 7.39. The fourth-order valence-corrected chi connectivity index (χ4v) is 1.30. The molecule has 1 aromatic heterocycles. The second-order valence-electron chi connectivity index (χ2n) is 3.12. The highest BCUT2D eigenvalue weighted by Gasteiger charge is 2.25. The Morgan fingerprint density at radius 3 is 2.67 bits per heavy atom. The Morgan fingerprint density at radius 1 is 1.50 bits per heavy atom. The summed E-state index contributed by atoms with van der Waals surface area (Å²) in [6, 6.07) is 1.22.